The summed E-state index contributed by atoms with van der Waals surface area (Å²) < 4.78 is 10.6. The van der Waals surface area contributed by atoms with E-state index in [9.17, 15) is 0 Å². The summed E-state index contributed by atoms with van der Waals surface area (Å²) in [7, 11) is 1.55. The molecule has 0 spiro atoms. The maximum Gasteiger partial charge on any atom is 0.316 e. The third-order valence-corrected chi connectivity index (χ3v) is 2.34. The van der Waals surface area contributed by atoms with Crippen molar-refractivity contribution in [2.45, 2.75) is 20.0 Å². The summed E-state index contributed by atoms with van der Waals surface area (Å²) in [4.78, 5) is 8.26. The van der Waals surface area contributed by atoms with Gasteiger partial charge in [-0.25, -0.2) is 4.98 Å². The molecule has 1 aromatic carbocycles. The van der Waals surface area contributed by atoms with Crippen LogP contribution in [0.4, 0.5) is 0 Å². The third-order valence-electron chi connectivity index (χ3n) is 2.34. The van der Waals surface area contributed by atoms with Crippen LogP contribution in [0, 0.1) is 0 Å². The molecule has 0 aliphatic heterocycles. The summed E-state index contributed by atoms with van der Waals surface area (Å²) in [6.07, 6.45) is 1.86. The molecule has 0 saturated carbocycles. The van der Waals surface area contributed by atoms with Crippen LogP contribution >= 0.6 is 0 Å². The average molecular weight is 244 g/mol. The molecular formula is C14H16N2O2. The van der Waals surface area contributed by atoms with Crippen LogP contribution in [0.5, 0.6) is 11.8 Å². The van der Waals surface area contributed by atoms with Crippen molar-refractivity contribution < 1.29 is 9.47 Å². The van der Waals surface area contributed by atoms with Gasteiger partial charge in [-0.1, -0.05) is 0 Å². The van der Waals surface area contributed by atoms with Crippen LogP contribution < -0.4 is 9.47 Å². The van der Waals surface area contributed by atoms with Gasteiger partial charge < -0.3 is 9.47 Å². The van der Waals surface area contributed by atoms with Gasteiger partial charge in [0.15, 0.2) is 0 Å². The van der Waals surface area contributed by atoms with Gasteiger partial charge >= 0.3 is 6.01 Å². The van der Waals surface area contributed by atoms with Crippen molar-refractivity contribution >= 4 is 0 Å². The van der Waals surface area contributed by atoms with Gasteiger partial charge in [-0.2, -0.15) is 4.98 Å². The second-order valence-corrected chi connectivity index (χ2v) is 4.12. The first-order chi connectivity index (χ1) is 8.69. The van der Waals surface area contributed by atoms with Crippen molar-refractivity contribution in [3.8, 4) is 23.0 Å². The molecule has 0 atom stereocenters. The van der Waals surface area contributed by atoms with E-state index < -0.39 is 0 Å². The van der Waals surface area contributed by atoms with Crippen LogP contribution in [-0.2, 0) is 0 Å². The Hall–Kier alpha value is -2.10. The zero-order valence-corrected chi connectivity index (χ0v) is 10.8. The molecule has 0 bridgehead atoms. The third kappa shape index (κ3) is 2.97. The van der Waals surface area contributed by atoms with Gasteiger partial charge in [0.1, 0.15) is 5.75 Å². The van der Waals surface area contributed by atoms with E-state index in [0.717, 1.165) is 17.0 Å². The molecule has 0 radical (unpaired) electrons. The first kappa shape index (κ1) is 12.4. The van der Waals surface area contributed by atoms with Gasteiger partial charge in [0, 0.05) is 11.8 Å². The summed E-state index contributed by atoms with van der Waals surface area (Å²) in [5.41, 5.74) is 1.84. The normalized spacial score (nSPS) is 10.4. The summed E-state index contributed by atoms with van der Waals surface area (Å²) in [6, 6.07) is 10.0. The fourth-order valence-corrected chi connectivity index (χ4v) is 1.58. The van der Waals surface area contributed by atoms with Gasteiger partial charge in [0.25, 0.3) is 0 Å². The number of methoxy groups -OCH3 is 1. The fourth-order valence-electron chi connectivity index (χ4n) is 1.58. The van der Waals surface area contributed by atoms with Crippen molar-refractivity contribution in [3.63, 3.8) is 0 Å². The predicted octanol–water partition coefficient (Wildman–Crippen LogP) is 2.94. The molecule has 0 saturated heterocycles. The number of nitrogens with zero attached hydrogens (tertiary/aromatic N) is 2. The van der Waals surface area contributed by atoms with Crippen LogP contribution in [-0.4, -0.2) is 23.2 Å². The molecule has 0 aliphatic carbocycles. The van der Waals surface area contributed by atoms with Gasteiger partial charge in [0.2, 0.25) is 0 Å². The minimum atomic E-state index is 0.176. The highest BCUT2D eigenvalue weighted by atomic mass is 16.5. The minimum absolute atomic E-state index is 0.176. The Bertz CT molecular complexity index is 509. The summed E-state index contributed by atoms with van der Waals surface area (Å²) >= 11 is 0. The first-order valence-electron chi connectivity index (χ1n) is 5.83. The van der Waals surface area contributed by atoms with Crippen molar-refractivity contribution in [2.75, 3.05) is 7.11 Å². The van der Waals surface area contributed by atoms with Crippen LogP contribution in [0.3, 0.4) is 0 Å². The molecule has 1 heterocycles. The SMILES string of the molecule is COc1nccc(-c2ccc(OC(C)C)cc2)n1. The molecule has 94 valence electrons. The average Bonchev–Trinajstić information content (AvgIpc) is 2.39. The highest BCUT2D eigenvalue weighted by molar-refractivity contribution is 5.59. The number of ether oxygens (including phenoxy) is 2. The Labute approximate surface area is 107 Å². The Balaban J connectivity index is 2.22. The van der Waals surface area contributed by atoms with E-state index in [1.54, 1.807) is 13.3 Å². The largest absolute Gasteiger partial charge is 0.491 e. The number of hydrogen-bond donors (Lipinski definition) is 0. The van der Waals surface area contributed by atoms with Gasteiger partial charge in [-0.3, -0.25) is 0 Å². The van der Waals surface area contributed by atoms with Crippen LogP contribution in [0.2, 0.25) is 0 Å². The maximum atomic E-state index is 5.59. The Morgan fingerprint density at radius 1 is 1.06 bits per heavy atom. The molecule has 1 aromatic heterocycles. The van der Waals surface area contributed by atoms with Gasteiger partial charge in [-0.15, -0.1) is 0 Å². The lowest BCUT2D eigenvalue weighted by atomic mass is 10.1. The highest BCUT2D eigenvalue weighted by Gasteiger charge is 2.03. The molecule has 0 unspecified atom stereocenters. The number of aromatic nitrogens is 2. The Kier molecular flexibility index (Phi) is 3.77. The zero-order chi connectivity index (χ0) is 13.0. The topological polar surface area (TPSA) is 44.2 Å². The molecule has 4 heteroatoms. The molecule has 0 amide bonds. The first-order valence-corrected chi connectivity index (χ1v) is 5.83. The number of benzene rings is 1. The van der Waals surface area contributed by atoms with Crippen molar-refractivity contribution in [2.24, 2.45) is 0 Å². The van der Waals surface area contributed by atoms with E-state index in [1.807, 2.05) is 44.2 Å². The molecule has 2 rings (SSSR count). The molecule has 0 N–H and O–H groups in total. The lowest BCUT2D eigenvalue weighted by molar-refractivity contribution is 0.242. The lowest BCUT2D eigenvalue weighted by Gasteiger charge is -2.10. The number of hydrogen-bond acceptors (Lipinski definition) is 4. The van der Waals surface area contributed by atoms with Crippen LogP contribution in [0.15, 0.2) is 36.5 Å². The highest BCUT2D eigenvalue weighted by Crippen LogP contribution is 2.22. The monoisotopic (exact) mass is 244 g/mol. The van der Waals surface area contributed by atoms with Crippen LogP contribution in [0.1, 0.15) is 13.8 Å². The molecule has 0 fully saturated rings. The smallest absolute Gasteiger partial charge is 0.316 e. The van der Waals surface area contributed by atoms with E-state index in [1.165, 1.54) is 0 Å². The predicted molar refractivity (Wildman–Crippen MR) is 69.8 cm³/mol. The molecule has 0 aliphatic rings. The summed E-state index contributed by atoms with van der Waals surface area (Å²) in [5.74, 6) is 0.856. The quantitative estimate of drug-likeness (QED) is 0.829. The van der Waals surface area contributed by atoms with Gasteiger partial charge in [0.05, 0.1) is 18.9 Å². The zero-order valence-electron chi connectivity index (χ0n) is 10.8. The second kappa shape index (κ2) is 5.49. The van der Waals surface area contributed by atoms with Crippen LogP contribution in [0.25, 0.3) is 11.3 Å². The Morgan fingerprint density at radius 3 is 2.39 bits per heavy atom. The standard InChI is InChI=1S/C14H16N2O2/c1-10(2)18-12-6-4-11(5-7-12)13-8-9-15-14(16-13)17-3/h4-10H,1-3H3. The van der Waals surface area contributed by atoms with Crippen molar-refractivity contribution in [1.82, 2.24) is 9.97 Å². The van der Waals surface area contributed by atoms with E-state index in [2.05, 4.69) is 9.97 Å². The van der Waals surface area contributed by atoms with Crippen molar-refractivity contribution in [3.05, 3.63) is 36.5 Å². The minimum Gasteiger partial charge on any atom is -0.491 e. The van der Waals surface area contributed by atoms with Gasteiger partial charge in [-0.05, 0) is 44.2 Å². The molecule has 18 heavy (non-hydrogen) atoms. The van der Waals surface area contributed by atoms with E-state index in [0.29, 0.717) is 6.01 Å². The fraction of sp³-hybridized carbons (Fsp3) is 0.286. The lowest BCUT2D eigenvalue weighted by Crippen LogP contribution is -2.05. The maximum absolute atomic E-state index is 5.59. The summed E-state index contributed by atoms with van der Waals surface area (Å²) in [5, 5.41) is 0. The molecular weight excluding hydrogens is 228 g/mol. The molecule has 2 aromatic rings. The Morgan fingerprint density at radius 2 is 1.78 bits per heavy atom. The summed E-state index contributed by atoms with van der Waals surface area (Å²) in [6.45, 7) is 4.01. The van der Waals surface area contributed by atoms with E-state index in [-0.39, 0.29) is 6.10 Å². The molecule has 4 nitrogen and oxygen atoms in total. The van der Waals surface area contributed by atoms with Crippen molar-refractivity contribution in [1.29, 1.82) is 0 Å². The number of rotatable bonds is 4. The van der Waals surface area contributed by atoms with E-state index >= 15 is 0 Å². The second-order valence-electron chi connectivity index (χ2n) is 4.12. The van der Waals surface area contributed by atoms with E-state index in [4.69, 9.17) is 9.47 Å².